The lowest BCUT2D eigenvalue weighted by Crippen LogP contribution is -2.69. The standard InChI is InChI=1S/C18H31N3O5/c1-3-25-15-9-14(18(15)5-4-6-18)19-17(24)21-7-8-26-13(11-21)10-20(2)12-16(22)23/h13-15H,3-12H2,1-2H3,(H,19,24)(H,22,23). The number of likely N-dealkylation sites (N-methyl/N-ethyl adjacent to an activating group) is 1. The van der Waals surface area contributed by atoms with Gasteiger partial charge in [-0.25, -0.2) is 4.79 Å². The molecule has 2 amide bonds. The van der Waals surface area contributed by atoms with Crippen LogP contribution in [0, 0.1) is 5.41 Å². The average molecular weight is 369 g/mol. The van der Waals surface area contributed by atoms with Crippen molar-refractivity contribution >= 4 is 12.0 Å². The molecule has 3 aliphatic rings. The molecular formula is C18H31N3O5. The van der Waals surface area contributed by atoms with E-state index in [1.807, 2.05) is 6.92 Å². The van der Waals surface area contributed by atoms with Gasteiger partial charge in [0.2, 0.25) is 0 Å². The number of aliphatic carboxylic acids is 1. The fourth-order valence-corrected chi connectivity index (χ4v) is 4.54. The molecule has 3 rings (SSSR count). The first kappa shape index (κ1) is 19.4. The SMILES string of the molecule is CCOC1CC(NC(=O)N2CCOC(CN(C)CC(=O)O)C2)C12CCC2. The van der Waals surface area contributed by atoms with Crippen molar-refractivity contribution in [2.75, 3.05) is 46.4 Å². The molecule has 0 bridgehead atoms. The molecule has 2 aliphatic carbocycles. The second-order valence-corrected chi connectivity index (χ2v) is 7.80. The number of rotatable bonds is 7. The molecule has 148 valence electrons. The fourth-order valence-electron chi connectivity index (χ4n) is 4.54. The van der Waals surface area contributed by atoms with E-state index in [4.69, 9.17) is 14.6 Å². The highest BCUT2D eigenvalue weighted by Crippen LogP contribution is 2.57. The molecule has 3 fully saturated rings. The summed E-state index contributed by atoms with van der Waals surface area (Å²) in [6.45, 7) is 4.75. The summed E-state index contributed by atoms with van der Waals surface area (Å²) in [4.78, 5) is 27.0. The summed E-state index contributed by atoms with van der Waals surface area (Å²) >= 11 is 0. The van der Waals surface area contributed by atoms with Gasteiger partial charge in [-0.2, -0.15) is 0 Å². The number of carbonyl (C=O) groups excluding carboxylic acids is 1. The van der Waals surface area contributed by atoms with Crippen LogP contribution < -0.4 is 5.32 Å². The lowest BCUT2D eigenvalue weighted by Gasteiger charge is -2.61. The van der Waals surface area contributed by atoms with Gasteiger partial charge in [0, 0.05) is 37.7 Å². The second kappa shape index (κ2) is 8.10. The minimum Gasteiger partial charge on any atom is -0.480 e. The molecule has 3 unspecified atom stereocenters. The van der Waals surface area contributed by atoms with Crippen molar-refractivity contribution in [1.82, 2.24) is 15.1 Å². The van der Waals surface area contributed by atoms with Crippen molar-refractivity contribution in [2.24, 2.45) is 5.41 Å². The summed E-state index contributed by atoms with van der Waals surface area (Å²) in [5.74, 6) is -0.863. The molecule has 0 aromatic heterocycles. The summed E-state index contributed by atoms with van der Waals surface area (Å²) in [7, 11) is 1.75. The van der Waals surface area contributed by atoms with Crippen LogP contribution in [0.3, 0.4) is 0 Å². The van der Waals surface area contributed by atoms with Gasteiger partial charge in [0.15, 0.2) is 0 Å². The van der Waals surface area contributed by atoms with E-state index < -0.39 is 5.97 Å². The Morgan fingerprint density at radius 2 is 2.19 bits per heavy atom. The molecule has 0 radical (unpaired) electrons. The second-order valence-electron chi connectivity index (χ2n) is 7.80. The van der Waals surface area contributed by atoms with Crippen LogP contribution in [0.15, 0.2) is 0 Å². The number of carboxylic acid groups (broad SMARTS) is 1. The number of carboxylic acids is 1. The Hall–Kier alpha value is -1.38. The molecule has 26 heavy (non-hydrogen) atoms. The number of hydrogen-bond donors (Lipinski definition) is 2. The van der Waals surface area contributed by atoms with Crippen LogP contribution in [0.25, 0.3) is 0 Å². The van der Waals surface area contributed by atoms with Crippen LogP contribution >= 0.6 is 0 Å². The summed E-state index contributed by atoms with van der Waals surface area (Å²) in [6, 6.07) is 0.168. The Kier molecular flexibility index (Phi) is 6.04. The van der Waals surface area contributed by atoms with Gasteiger partial charge >= 0.3 is 12.0 Å². The van der Waals surface area contributed by atoms with Crippen LogP contribution in [-0.4, -0.2) is 91.6 Å². The molecule has 1 heterocycles. The van der Waals surface area contributed by atoms with Crippen molar-refractivity contribution in [3.63, 3.8) is 0 Å². The highest BCUT2D eigenvalue weighted by atomic mass is 16.5. The molecule has 1 saturated heterocycles. The van der Waals surface area contributed by atoms with Gasteiger partial charge in [-0.3, -0.25) is 9.69 Å². The molecule has 2 saturated carbocycles. The van der Waals surface area contributed by atoms with E-state index in [0.717, 1.165) is 25.9 Å². The van der Waals surface area contributed by atoms with Gasteiger partial charge in [-0.1, -0.05) is 6.42 Å². The smallest absolute Gasteiger partial charge is 0.317 e. The number of amides is 2. The van der Waals surface area contributed by atoms with Gasteiger partial charge in [-0.15, -0.1) is 0 Å². The van der Waals surface area contributed by atoms with Crippen molar-refractivity contribution < 1.29 is 24.2 Å². The average Bonchev–Trinajstić information content (AvgIpc) is 2.51. The lowest BCUT2D eigenvalue weighted by molar-refractivity contribution is -0.170. The largest absolute Gasteiger partial charge is 0.480 e. The van der Waals surface area contributed by atoms with Gasteiger partial charge in [0.25, 0.3) is 0 Å². The zero-order valence-electron chi connectivity index (χ0n) is 15.8. The third-order valence-corrected chi connectivity index (χ3v) is 6.08. The molecule has 2 N–H and O–H groups in total. The van der Waals surface area contributed by atoms with Crippen molar-refractivity contribution in [1.29, 1.82) is 0 Å². The number of ether oxygens (including phenoxy) is 2. The third-order valence-electron chi connectivity index (χ3n) is 6.08. The normalized spacial score (nSPS) is 30.0. The minimum atomic E-state index is -0.863. The van der Waals surface area contributed by atoms with Crippen LogP contribution in [0.2, 0.25) is 0 Å². The molecule has 8 nitrogen and oxygen atoms in total. The molecular weight excluding hydrogens is 338 g/mol. The monoisotopic (exact) mass is 369 g/mol. The zero-order valence-corrected chi connectivity index (χ0v) is 15.8. The number of morpholine rings is 1. The predicted octanol–water partition coefficient (Wildman–Crippen LogP) is 0.761. The van der Waals surface area contributed by atoms with E-state index in [2.05, 4.69) is 5.32 Å². The quantitative estimate of drug-likeness (QED) is 0.689. The molecule has 8 heteroatoms. The van der Waals surface area contributed by atoms with E-state index in [-0.39, 0.29) is 36.2 Å². The van der Waals surface area contributed by atoms with E-state index in [1.54, 1.807) is 16.8 Å². The minimum absolute atomic E-state index is 0.0323. The maximum atomic E-state index is 12.7. The number of urea groups is 1. The maximum absolute atomic E-state index is 12.7. The Balaban J connectivity index is 1.48. The molecule has 0 aromatic carbocycles. The molecule has 3 atom stereocenters. The first-order chi connectivity index (χ1) is 12.4. The van der Waals surface area contributed by atoms with Gasteiger partial charge in [0.1, 0.15) is 0 Å². The lowest BCUT2D eigenvalue weighted by atomic mass is 9.51. The topological polar surface area (TPSA) is 91.3 Å². The van der Waals surface area contributed by atoms with Crippen LogP contribution in [0.4, 0.5) is 4.79 Å². The van der Waals surface area contributed by atoms with Crippen LogP contribution in [0.1, 0.15) is 32.6 Å². The number of hydrogen-bond acceptors (Lipinski definition) is 5. The zero-order chi connectivity index (χ0) is 18.7. The van der Waals surface area contributed by atoms with Crippen LogP contribution in [0.5, 0.6) is 0 Å². The Morgan fingerprint density at radius 3 is 2.81 bits per heavy atom. The predicted molar refractivity (Wildman–Crippen MR) is 95.1 cm³/mol. The Labute approximate surface area is 154 Å². The number of nitrogens with zero attached hydrogens (tertiary/aromatic N) is 2. The maximum Gasteiger partial charge on any atom is 0.317 e. The fraction of sp³-hybridized carbons (Fsp3) is 0.889. The van der Waals surface area contributed by atoms with E-state index in [1.165, 1.54) is 6.42 Å². The van der Waals surface area contributed by atoms with Gasteiger partial charge in [0.05, 0.1) is 25.4 Å². The Bertz CT molecular complexity index is 525. The van der Waals surface area contributed by atoms with Crippen molar-refractivity contribution in [3.8, 4) is 0 Å². The summed E-state index contributed by atoms with van der Waals surface area (Å²) in [5, 5.41) is 12.1. The summed E-state index contributed by atoms with van der Waals surface area (Å²) < 4.78 is 11.5. The van der Waals surface area contributed by atoms with E-state index >= 15 is 0 Å². The number of nitrogens with one attached hydrogen (secondary N) is 1. The Morgan fingerprint density at radius 1 is 1.42 bits per heavy atom. The summed E-state index contributed by atoms with van der Waals surface area (Å²) in [5.41, 5.74) is 0.152. The highest BCUT2D eigenvalue weighted by Gasteiger charge is 2.59. The number of carbonyl (C=O) groups is 2. The van der Waals surface area contributed by atoms with Crippen LogP contribution in [-0.2, 0) is 14.3 Å². The van der Waals surface area contributed by atoms with Gasteiger partial charge < -0.3 is 24.8 Å². The van der Waals surface area contributed by atoms with Crippen molar-refractivity contribution in [3.05, 3.63) is 0 Å². The summed E-state index contributed by atoms with van der Waals surface area (Å²) in [6.07, 6.45) is 4.51. The molecule has 0 aromatic rings. The van der Waals surface area contributed by atoms with E-state index in [0.29, 0.717) is 26.2 Å². The molecule has 1 aliphatic heterocycles. The highest BCUT2D eigenvalue weighted by molar-refractivity contribution is 5.75. The van der Waals surface area contributed by atoms with E-state index in [9.17, 15) is 9.59 Å². The first-order valence-electron chi connectivity index (χ1n) is 9.63. The van der Waals surface area contributed by atoms with Crippen molar-refractivity contribution in [2.45, 2.75) is 50.9 Å². The molecule has 1 spiro atoms. The van der Waals surface area contributed by atoms with Gasteiger partial charge in [-0.05, 0) is 33.2 Å². The first-order valence-corrected chi connectivity index (χ1v) is 9.63. The third kappa shape index (κ3) is 3.97.